The van der Waals surface area contributed by atoms with E-state index in [2.05, 4.69) is 10.3 Å². The number of benzene rings is 1. The lowest BCUT2D eigenvalue weighted by molar-refractivity contribution is -0.125. The molecule has 1 aromatic carbocycles. The minimum absolute atomic E-state index is 0.0201. The Morgan fingerprint density at radius 2 is 2.05 bits per heavy atom. The zero-order chi connectivity index (χ0) is 14.3. The number of hydrogen-bond donors (Lipinski definition) is 1. The molecular formula is C13H13F4N3. The lowest BCUT2D eigenvalue weighted by Crippen LogP contribution is -2.29. The van der Waals surface area contributed by atoms with Crippen LogP contribution in [0.15, 0.2) is 18.2 Å². The summed E-state index contributed by atoms with van der Waals surface area (Å²) in [6, 6.07) is 4.47. The Morgan fingerprint density at radius 1 is 1.30 bits per heavy atom. The van der Waals surface area contributed by atoms with E-state index < -0.39 is 12.7 Å². The first kappa shape index (κ1) is 13.4. The molecule has 0 spiro atoms. The number of nitrogens with one attached hydrogen (secondary N) is 1. The fraction of sp³-hybridized carbons (Fsp3) is 0.462. The number of alkyl halides is 3. The number of nitrogens with zero attached hydrogens (tertiary/aromatic N) is 2. The van der Waals surface area contributed by atoms with Gasteiger partial charge in [-0.2, -0.15) is 13.2 Å². The van der Waals surface area contributed by atoms with Crippen molar-refractivity contribution in [3.8, 4) is 0 Å². The van der Waals surface area contributed by atoms with Gasteiger partial charge in [-0.05, 0) is 31.0 Å². The summed E-state index contributed by atoms with van der Waals surface area (Å²) < 4.78 is 51.6. The zero-order valence-electron chi connectivity index (χ0n) is 10.5. The summed E-state index contributed by atoms with van der Waals surface area (Å²) in [7, 11) is 0. The highest BCUT2D eigenvalue weighted by Gasteiger charge is 2.30. The van der Waals surface area contributed by atoms with Crippen LogP contribution in [-0.2, 0) is 6.54 Å². The van der Waals surface area contributed by atoms with Crippen LogP contribution in [0, 0.1) is 5.82 Å². The molecule has 0 aliphatic heterocycles. The van der Waals surface area contributed by atoms with Crippen LogP contribution in [0.25, 0.3) is 11.0 Å². The SMILES string of the molecule is Fc1ccc2nc(CNCC(F)(F)F)n(C3CC3)c2c1. The number of rotatable bonds is 4. The third-order valence-corrected chi connectivity index (χ3v) is 3.25. The minimum atomic E-state index is -4.25. The molecule has 108 valence electrons. The van der Waals surface area contributed by atoms with E-state index in [-0.39, 0.29) is 18.4 Å². The van der Waals surface area contributed by atoms with Gasteiger partial charge in [0.15, 0.2) is 0 Å². The predicted molar refractivity (Wildman–Crippen MR) is 65.7 cm³/mol. The Morgan fingerprint density at radius 3 is 2.70 bits per heavy atom. The van der Waals surface area contributed by atoms with Gasteiger partial charge in [-0.15, -0.1) is 0 Å². The van der Waals surface area contributed by atoms with Gasteiger partial charge in [0.05, 0.1) is 24.1 Å². The fourth-order valence-electron chi connectivity index (χ4n) is 2.30. The molecule has 0 bridgehead atoms. The molecule has 1 heterocycles. The average molecular weight is 287 g/mol. The Bertz CT molecular complexity index is 628. The quantitative estimate of drug-likeness (QED) is 0.875. The summed E-state index contributed by atoms with van der Waals surface area (Å²) in [5, 5.41) is 2.34. The number of imidazole rings is 1. The summed E-state index contributed by atoms with van der Waals surface area (Å²) in [6.07, 6.45) is -2.34. The molecule has 0 saturated heterocycles. The molecule has 1 aliphatic rings. The number of fused-ring (bicyclic) bond motifs is 1. The Hall–Kier alpha value is -1.63. The topological polar surface area (TPSA) is 29.9 Å². The number of hydrogen-bond acceptors (Lipinski definition) is 2. The summed E-state index contributed by atoms with van der Waals surface area (Å²) in [6.45, 7) is -1.04. The van der Waals surface area contributed by atoms with Crippen LogP contribution in [0.4, 0.5) is 17.6 Å². The maximum Gasteiger partial charge on any atom is 0.401 e. The molecule has 0 amide bonds. The largest absolute Gasteiger partial charge is 0.401 e. The van der Waals surface area contributed by atoms with Crippen molar-refractivity contribution in [1.29, 1.82) is 0 Å². The van der Waals surface area contributed by atoms with E-state index in [1.807, 2.05) is 4.57 Å². The lowest BCUT2D eigenvalue weighted by Gasteiger charge is -2.10. The summed E-state index contributed by atoms with van der Waals surface area (Å²) >= 11 is 0. The predicted octanol–water partition coefficient (Wildman–Crippen LogP) is 3.16. The van der Waals surface area contributed by atoms with E-state index in [9.17, 15) is 17.6 Å². The van der Waals surface area contributed by atoms with E-state index in [1.165, 1.54) is 12.1 Å². The van der Waals surface area contributed by atoms with Gasteiger partial charge < -0.3 is 9.88 Å². The van der Waals surface area contributed by atoms with Crippen LogP contribution in [0.3, 0.4) is 0 Å². The third-order valence-electron chi connectivity index (χ3n) is 3.25. The third kappa shape index (κ3) is 2.77. The highest BCUT2D eigenvalue weighted by molar-refractivity contribution is 5.76. The van der Waals surface area contributed by atoms with Crippen molar-refractivity contribution < 1.29 is 17.6 Å². The van der Waals surface area contributed by atoms with Crippen molar-refractivity contribution in [3.05, 3.63) is 29.8 Å². The molecule has 1 aliphatic carbocycles. The first-order valence-electron chi connectivity index (χ1n) is 6.38. The standard InChI is InChI=1S/C13H13F4N3/c14-8-1-4-10-11(5-8)20(9-2-3-9)12(19-10)6-18-7-13(15,16)17/h1,4-5,9,18H,2-3,6-7H2. The van der Waals surface area contributed by atoms with Crippen molar-refractivity contribution in [2.24, 2.45) is 0 Å². The van der Waals surface area contributed by atoms with Crippen LogP contribution in [0.5, 0.6) is 0 Å². The number of halogens is 4. The Kier molecular flexibility index (Phi) is 3.16. The maximum atomic E-state index is 13.3. The van der Waals surface area contributed by atoms with E-state index >= 15 is 0 Å². The summed E-state index contributed by atoms with van der Waals surface area (Å²) in [5.74, 6) is 0.159. The van der Waals surface area contributed by atoms with E-state index in [4.69, 9.17) is 0 Å². The van der Waals surface area contributed by atoms with Crippen molar-refractivity contribution in [2.45, 2.75) is 31.6 Å². The van der Waals surface area contributed by atoms with Gasteiger partial charge in [-0.25, -0.2) is 9.37 Å². The second kappa shape index (κ2) is 4.73. The molecule has 0 radical (unpaired) electrons. The molecule has 0 atom stereocenters. The minimum Gasteiger partial charge on any atom is -0.324 e. The lowest BCUT2D eigenvalue weighted by atomic mass is 10.3. The molecular weight excluding hydrogens is 274 g/mol. The van der Waals surface area contributed by atoms with Crippen LogP contribution < -0.4 is 5.32 Å². The highest BCUT2D eigenvalue weighted by Crippen LogP contribution is 2.38. The molecule has 3 rings (SSSR count). The molecule has 7 heteroatoms. The smallest absolute Gasteiger partial charge is 0.324 e. The van der Waals surface area contributed by atoms with Gasteiger partial charge in [0, 0.05) is 6.04 Å². The van der Waals surface area contributed by atoms with Crippen LogP contribution >= 0.6 is 0 Å². The molecule has 3 nitrogen and oxygen atoms in total. The average Bonchev–Trinajstić information content (AvgIpc) is 3.10. The number of aromatic nitrogens is 2. The van der Waals surface area contributed by atoms with Gasteiger partial charge >= 0.3 is 6.18 Å². The monoisotopic (exact) mass is 287 g/mol. The van der Waals surface area contributed by atoms with Gasteiger partial charge in [-0.1, -0.05) is 0 Å². The molecule has 1 N–H and O–H groups in total. The van der Waals surface area contributed by atoms with Crippen LogP contribution in [-0.4, -0.2) is 22.3 Å². The van der Waals surface area contributed by atoms with E-state index in [0.717, 1.165) is 12.8 Å². The molecule has 20 heavy (non-hydrogen) atoms. The maximum absolute atomic E-state index is 13.3. The molecule has 2 aromatic rings. The molecule has 1 fully saturated rings. The van der Waals surface area contributed by atoms with E-state index in [0.29, 0.717) is 16.9 Å². The fourth-order valence-corrected chi connectivity index (χ4v) is 2.30. The Labute approximate surface area is 112 Å². The molecule has 1 aromatic heterocycles. The summed E-state index contributed by atoms with van der Waals surface area (Å²) in [5.41, 5.74) is 1.26. The zero-order valence-corrected chi connectivity index (χ0v) is 10.5. The van der Waals surface area contributed by atoms with Crippen molar-refractivity contribution >= 4 is 11.0 Å². The van der Waals surface area contributed by atoms with Gasteiger partial charge in [0.2, 0.25) is 0 Å². The van der Waals surface area contributed by atoms with Gasteiger partial charge in [-0.3, -0.25) is 0 Å². The van der Waals surface area contributed by atoms with Crippen molar-refractivity contribution in [2.75, 3.05) is 6.54 Å². The highest BCUT2D eigenvalue weighted by atomic mass is 19.4. The van der Waals surface area contributed by atoms with Crippen molar-refractivity contribution in [3.63, 3.8) is 0 Å². The van der Waals surface area contributed by atoms with E-state index in [1.54, 1.807) is 6.07 Å². The van der Waals surface area contributed by atoms with Crippen LogP contribution in [0.1, 0.15) is 24.7 Å². The van der Waals surface area contributed by atoms with Crippen LogP contribution in [0.2, 0.25) is 0 Å². The van der Waals surface area contributed by atoms with Crippen molar-refractivity contribution in [1.82, 2.24) is 14.9 Å². The Balaban J connectivity index is 1.88. The first-order chi connectivity index (χ1) is 9.44. The second-order valence-corrected chi connectivity index (χ2v) is 4.98. The summed E-state index contributed by atoms with van der Waals surface area (Å²) in [4.78, 5) is 4.30. The van der Waals surface area contributed by atoms with Gasteiger partial charge in [0.25, 0.3) is 0 Å². The second-order valence-electron chi connectivity index (χ2n) is 4.98. The first-order valence-corrected chi connectivity index (χ1v) is 6.38. The molecule has 1 saturated carbocycles. The van der Waals surface area contributed by atoms with Gasteiger partial charge in [0.1, 0.15) is 11.6 Å². The normalized spacial score (nSPS) is 16.0. The molecule has 0 unspecified atom stereocenters.